The Morgan fingerprint density at radius 2 is 2.18 bits per heavy atom. The summed E-state index contributed by atoms with van der Waals surface area (Å²) < 4.78 is 5.16. The number of methoxy groups -OCH3 is 1. The number of carbonyl (C=O) groups excluding carboxylic acids is 1. The fraction of sp³-hybridized carbons (Fsp3) is 0.214. The highest BCUT2D eigenvalue weighted by Gasteiger charge is 2.00. The molecule has 0 aliphatic rings. The van der Waals surface area contributed by atoms with E-state index < -0.39 is 0 Å². The highest BCUT2D eigenvalue weighted by atomic mass is 35.5. The predicted molar refractivity (Wildman–Crippen MR) is 83.7 cm³/mol. The van der Waals surface area contributed by atoms with E-state index in [-0.39, 0.29) is 30.7 Å². The summed E-state index contributed by atoms with van der Waals surface area (Å²) in [4.78, 5) is 15.6. The zero-order valence-corrected chi connectivity index (χ0v) is 13.7. The van der Waals surface area contributed by atoms with Crippen molar-refractivity contribution in [3.05, 3.63) is 36.0 Å². The predicted octanol–water partition coefficient (Wildman–Crippen LogP) is -2.25. The van der Waals surface area contributed by atoms with Crippen LogP contribution < -0.4 is 28.3 Å². The van der Waals surface area contributed by atoms with E-state index in [1.807, 2.05) is 30.3 Å². The lowest BCUT2D eigenvalue weighted by Crippen LogP contribution is -3.00. The van der Waals surface area contributed by atoms with Gasteiger partial charge in [0.1, 0.15) is 5.75 Å². The first kappa shape index (κ1) is 20.1. The van der Waals surface area contributed by atoms with Gasteiger partial charge in [0.15, 0.2) is 0 Å². The molecule has 0 unspecified atom stereocenters. The lowest BCUT2D eigenvalue weighted by molar-refractivity contribution is -0.366. The van der Waals surface area contributed by atoms with Gasteiger partial charge in [-0.1, -0.05) is 6.07 Å². The van der Waals surface area contributed by atoms with E-state index in [0.29, 0.717) is 18.7 Å². The monoisotopic (exact) mass is 344 g/mol. The van der Waals surface area contributed by atoms with Crippen molar-refractivity contribution in [3.63, 3.8) is 0 Å². The maximum absolute atomic E-state index is 11.2. The second-order valence-electron chi connectivity index (χ2n) is 4.19. The molecule has 0 bridgehead atoms. The van der Waals surface area contributed by atoms with Gasteiger partial charge in [-0.2, -0.15) is 5.10 Å². The molecule has 1 aromatic heterocycles. The number of hydrazone groups is 1. The van der Waals surface area contributed by atoms with Crippen LogP contribution in [0, 0.1) is 0 Å². The van der Waals surface area contributed by atoms with Gasteiger partial charge in [-0.05, 0) is 24.3 Å². The van der Waals surface area contributed by atoms with Gasteiger partial charge in [0.05, 0.1) is 37.5 Å². The van der Waals surface area contributed by atoms with Gasteiger partial charge >= 0.3 is 0 Å². The highest BCUT2D eigenvalue weighted by Crippen LogP contribution is 2.19. The molecule has 0 aliphatic carbocycles. The van der Waals surface area contributed by atoms with Crippen LogP contribution in [0.3, 0.4) is 0 Å². The lowest BCUT2D eigenvalue weighted by atomic mass is 10.2. The van der Waals surface area contributed by atoms with Crippen LogP contribution in [0.1, 0.15) is 12.1 Å². The number of carbonyl (C=O) groups is 1. The maximum Gasteiger partial charge on any atom is 0.245 e. The van der Waals surface area contributed by atoms with Gasteiger partial charge in [0, 0.05) is 5.39 Å². The highest BCUT2D eigenvalue weighted by molar-refractivity contribution is 5.86. The number of nitrogens with one attached hydrogen (secondary N) is 1. The lowest BCUT2D eigenvalue weighted by Gasteiger charge is -2.02. The van der Waals surface area contributed by atoms with Crippen molar-refractivity contribution in [2.24, 2.45) is 5.10 Å². The summed E-state index contributed by atoms with van der Waals surface area (Å²) in [5.74, 6) is 0.642. The average molecular weight is 345 g/mol. The van der Waals surface area contributed by atoms with E-state index in [4.69, 9.17) is 4.74 Å². The van der Waals surface area contributed by atoms with E-state index >= 15 is 0 Å². The van der Waals surface area contributed by atoms with E-state index in [2.05, 4.69) is 21.2 Å². The molecule has 1 amide bonds. The van der Waals surface area contributed by atoms with Crippen LogP contribution in [0.25, 0.3) is 10.9 Å². The molecule has 0 spiro atoms. The SMILES string of the molecule is COc1ccc2nc(C=NNC(=O)CC[NH3+])ccc2c1.Cl.[Cl-]. The minimum atomic E-state index is -0.151. The second kappa shape index (κ2) is 9.94. The molecule has 2 rings (SSSR count). The van der Waals surface area contributed by atoms with Crippen LogP contribution in [0.15, 0.2) is 35.4 Å². The van der Waals surface area contributed by atoms with E-state index in [9.17, 15) is 4.79 Å². The van der Waals surface area contributed by atoms with Crippen molar-refractivity contribution in [2.75, 3.05) is 13.7 Å². The number of nitrogens with zero attached hydrogens (tertiary/aromatic N) is 2. The van der Waals surface area contributed by atoms with Gasteiger partial charge in [0.2, 0.25) is 5.91 Å². The number of hydrogen-bond donors (Lipinski definition) is 2. The first-order valence-corrected chi connectivity index (χ1v) is 6.29. The molecule has 4 N–H and O–H groups in total. The molecule has 1 aromatic carbocycles. The van der Waals surface area contributed by atoms with Gasteiger partial charge in [-0.25, -0.2) is 10.4 Å². The molecule has 1 heterocycles. The topological polar surface area (TPSA) is 91.2 Å². The fourth-order valence-corrected chi connectivity index (χ4v) is 1.71. The Bertz CT molecular complexity index is 650. The molecule has 2 aromatic rings. The Hall–Kier alpha value is -1.89. The molecule has 0 aliphatic heterocycles. The van der Waals surface area contributed by atoms with Crippen LogP contribution in [0.2, 0.25) is 0 Å². The summed E-state index contributed by atoms with van der Waals surface area (Å²) in [6.45, 7) is 0.553. The van der Waals surface area contributed by atoms with Crippen LogP contribution >= 0.6 is 12.4 Å². The number of halogens is 2. The first-order valence-electron chi connectivity index (χ1n) is 6.29. The summed E-state index contributed by atoms with van der Waals surface area (Å²) in [5.41, 5.74) is 7.56. The van der Waals surface area contributed by atoms with Crippen molar-refractivity contribution in [1.29, 1.82) is 0 Å². The normalized spacial score (nSPS) is 9.91. The Kier molecular flexibility index (Phi) is 9.09. The van der Waals surface area contributed by atoms with Crippen LogP contribution in [0.4, 0.5) is 0 Å². The minimum absolute atomic E-state index is 0. The summed E-state index contributed by atoms with van der Waals surface area (Å²) in [7, 11) is 1.63. The van der Waals surface area contributed by atoms with Crippen LogP contribution in [-0.4, -0.2) is 30.8 Å². The smallest absolute Gasteiger partial charge is 0.245 e. The standard InChI is InChI=1S/C14H16N4O2.2ClH/c1-20-12-4-5-13-10(8-12)2-3-11(17-13)9-16-18-14(19)6-7-15;;/h2-5,8-9H,6-7,15H2,1H3,(H,18,19);2*1H. The zero-order chi connectivity index (χ0) is 14.4. The summed E-state index contributed by atoms with van der Waals surface area (Å²) >= 11 is 0. The third-order valence-electron chi connectivity index (χ3n) is 2.71. The number of fused-ring (bicyclic) bond motifs is 1. The van der Waals surface area contributed by atoms with Crippen LogP contribution in [0.5, 0.6) is 5.75 Å². The molecule has 0 atom stereocenters. The molecule has 8 heteroatoms. The van der Waals surface area contributed by atoms with Crippen molar-refractivity contribution in [2.45, 2.75) is 6.42 Å². The number of quaternary nitrogens is 1. The third kappa shape index (κ3) is 5.48. The van der Waals surface area contributed by atoms with E-state index in [1.165, 1.54) is 6.21 Å². The Morgan fingerprint density at radius 1 is 1.41 bits per heavy atom. The molecule has 6 nitrogen and oxygen atoms in total. The second-order valence-corrected chi connectivity index (χ2v) is 4.19. The minimum Gasteiger partial charge on any atom is -1.00 e. The number of benzene rings is 1. The first-order chi connectivity index (χ1) is 9.72. The molecule has 22 heavy (non-hydrogen) atoms. The van der Waals surface area contributed by atoms with Gasteiger partial charge in [-0.3, -0.25) is 4.79 Å². The van der Waals surface area contributed by atoms with Gasteiger partial charge in [0.25, 0.3) is 0 Å². The Balaban J connectivity index is 0.00000220. The van der Waals surface area contributed by atoms with E-state index in [1.54, 1.807) is 7.11 Å². The average Bonchev–Trinajstić information content (AvgIpc) is 2.47. The zero-order valence-electron chi connectivity index (χ0n) is 12.1. The number of ether oxygens (including phenoxy) is 1. The summed E-state index contributed by atoms with van der Waals surface area (Å²) in [6.07, 6.45) is 1.88. The Morgan fingerprint density at radius 3 is 2.86 bits per heavy atom. The summed E-state index contributed by atoms with van der Waals surface area (Å²) in [5, 5.41) is 4.85. The fourth-order valence-electron chi connectivity index (χ4n) is 1.71. The van der Waals surface area contributed by atoms with Crippen LogP contribution in [-0.2, 0) is 4.79 Å². The molecular formula is C14H18Cl2N4O2. The molecule has 0 fully saturated rings. The number of amides is 1. The quantitative estimate of drug-likeness (QED) is 0.474. The molecule has 0 saturated heterocycles. The van der Waals surface area contributed by atoms with Crippen molar-refractivity contribution < 1.29 is 27.7 Å². The largest absolute Gasteiger partial charge is 1.00 e. The van der Waals surface area contributed by atoms with Crippen molar-refractivity contribution in [3.8, 4) is 5.75 Å². The molecule has 120 valence electrons. The number of aromatic nitrogens is 1. The molecular weight excluding hydrogens is 327 g/mol. The van der Waals surface area contributed by atoms with Gasteiger partial charge < -0.3 is 22.9 Å². The van der Waals surface area contributed by atoms with Gasteiger partial charge in [-0.15, -0.1) is 12.4 Å². The number of rotatable bonds is 5. The third-order valence-corrected chi connectivity index (χ3v) is 2.71. The maximum atomic E-state index is 11.2. The number of pyridine rings is 1. The number of hydrogen-bond acceptors (Lipinski definition) is 4. The molecule has 0 radical (unpaired) electrons. The van der Waals surface area contributed by atoms with Crippen molar-refractivity contribution >= 4 is 35.4 Å². The Labute approximate surface area is 140 Å². The summed E-state index contributed by atoms with van der Waals surface area (Å²) in [6, 6.07) is 9.42. The van der Waals surface area contributed by atoms with E-state index in [0.717, 1.165) is 16.7 Å². The van der Waals surface area contributed by atoms with Crippen molar-refractivity contribution in [1.82, 2.24) is 10.4 Å². The molecule has 0 saturated carbocycles.